The van der Waals surface area contributed by atoms with Gasteiger partial charge in [0.15, 0.2) is 5.82 Å². The number of fused-ring (bicyclic) bond motifs is 1. The molecule has 0 unspecified atom stereocenters. The number of benzene rings is 1. The van der Waals surface area contributed by atoms with Gasteiger partial charge in [0.05, 0.1) is 10.9 Å². The number of hydrogen-bond acceptors (Lipinski definition) is 6. The molecular weight excluding hydrogens is 346 g/mol. The second-order valence-corrected chi connectivity index (χ2v) is 6.68. The van der Waals surface area contributed by atoms with Crippen LogP contribution < -0.4 is 10.9 Å². The smallest absolute Gasteiger partial charge is 0.258 e. The van der Waals surface area contributed by atoms with E-state index in [1.54, 1.807) is 18.2 Å². The summed E-state index contributed by atoms with van der Waals surface area (Å²) in [7, 11) is 0. The maximum atomic E-state index is 12.0. The van der Waals surface area contributed by atoms with Crippen molar-refractivity contribution in [2.45, 2.75) is 45.4 Å². The number of para-hydroxylation sites is 1. The Labute approximate surface area is 156 Å². The molecule has 0 radical (unpaired) electrons. The molecule has 0 aliphatic rings. The highest BCUT2D eigenvalue weighted by Gasteiger charge is 2.10. The van der Waals surface area contributed by atoms with Crippen LogP contribution in [0.25, 0.3) is 10.9 Å². The van der Waals surface area contributed by atoms with Crippen LogP contribution in [0.2, 0.25) is 0 Å². The van der Waals surface area contributed by atoms with Gasteiger partial charge in [-0.1, -0.05) is 31.1 Å². The molecule has 8 nitrogen and oxygen atoms in total. The van der Waals surface area contributed by atoms with E-state index in [0.29, 0.717) is 47.8 Å². The van der Waals surface area contributed by atoms with Gasteiger partial charge in [0, 0.05) is 31.7 Å². The molecule has 0 atom stereocenters. The summed E-state index contributed by atoms with van der Waals surface area (Å²) in [6, 6.07) is 7.14. The fourth-order valence-corrected chi connectivity index (χ4v) is 2.65. The third kappa shape index (κ3) is 4.99. The average Bonchev–Trinajstić information content (AvgIpc) is 3.13. The van der Waals surface area contributed by atoms with E-state index >= 15 is 0 Å². The number of nitrogens with one attached hydrogen (secondary N) is 2. The zero-order valence-electron chi connectivity index (χ0n) is 15.5. The lowest BCUT2D eigenvalue weighted by atomic mass is 10.2. The third-order valence-electron chi connectivity index (χ3n) is 4.14. The van der Waals surface area contributed by atoms with Gasteiger partial charge < -0.3 is 14.8 Å². The van der Waals surface area contributed by atoms with Crippen LogP contribution in [0.15, 0.2) is 33.6 Å². The monoisotopic (exact) mass is 369 g/mol. The van der Waals surface area contributed by atoms with Gasteiger partial charge in [0.25, 0.3) is 5.56 Å². The number of carbonyl (C=O) groups excluding carboxylic acids is 1. The second kappa shape index (κ2) is 8.57. The van der Waals surface area contributed by atoms with Crippen LogP contribution in [-0.4, -0.2) is 32.6 Å². The first-order chi connectivity index (χ1) is 13.0. The van der Waals surface area contributed by atoms with Gasteiger partial charge in [-0.3, -0.25) is 9.59 Å². The minimum atomic E-state index is -0.184. The molecule has 1 amide bonds. The maximum Gasteiger partial charge on any atom is 0.258 e. The summed E-state index contributed by atoms with van der Waals surface area (Å²) >= 11 is 0. The standard InChI is InChI=1S/C19H23N5O3/c1-12(2)18-23-17(27-24-18)8-5-11-20-16(25)10-9-15-21-14-7-4-3-6-13(14)19(26)22-15/h3-4,6-7,12H,5,8-11H2,1-2H3,(H,20,25)(H,21,22,26). The molecule has 2 heterocycles. The van der Waals surface area contributed by atoms with Gasteiger partial charge in [0.1, 0.15) is 5.82 Å². The van der Waals surface area contributed by atoms with Crippen molar-refractivity contribution in [3.63, 3.8) is 0 Å². The molecule has 0 saturated heterocycles. The number of carbonyl (C=O) groups is 1. The van der Waals surface area contributed by atoms with Crippen LogP contribution in [0, 0.1) is 0 Å². The number of hydrogen-bond donors (Lipinski definition) is 2. The summed E-state index contributed by atoms with van der Waals surface area (Å²) in [6.07, 6.45) is 1.99. The van der Waals surface area contributed by atoms with Gasteiger partial charge in [-0.25, -0.2) is 4.98 Å². The SMILES string of the molecule is CC(C)c1noc(CCCNC(=O)CCc2nc3ccccc3c(=O)[nH]2)n1. The number of aryl methyl sites for hydroxylation is 2. The van der Waals surface area contributed by atoms with Gasteiger partial charge in [-0.15, -0.1) is 0 Å². The van der Waals surface area contributed by atoms with E-state index in [2.05, 4.69) is 25.4 Å². The Morgan fingerprint density at radius 1 is 1.22 bits per heavy atom. The Balaban J connectivity index is 1.42. The quantitative estimate of drug-likeness (QED) is 0.588. The first-order valence-corrected chi connectivity index (χ1v) is 9.10. The summed E-state index contributed by atoms with van der Waals surface area (Å²) in [4.78, 5) is 35.4. The normalized spacial score (nSPS) is 11.2. The van der Waals surface area contributed by atoms with Crippen molar-refractivity contribution < 1.29 is 9.32 Å². The van der Waals surface area contributed by atoms with Crippen molar-refractivity contribution in [3.8, 4) is 0 Å². The number of aromatic nitrogens is 4. The Hall–Kier alpha value is -3.03. The molecule has 8 heteroatoms. The summed E-state index contributed by atoms with van der Waals surface area (Å²) in [6.45, 7) is 4.54. The highest BCUT2D eigenvalue weighted by Crippen LogP contribution is 2.10. The molecule has 2 aromatic heterocycles. The van der Waals surface area contributed by atoms with Gasteiger partial charge >= 0.3 is 0 Å². The summed E-state index contributed by atoms with van der Waals surface area (Å²) in [5.41, 5.74) is 0.452. The maximum absolute atomic E-state index is 12.0. The fourth-order valence-electron chi connectivity index (χ4n) is 2.65. The van der Waals surface area contributed by atoms with Crippen LogP contribution in [0.5, 0.6) is 0 Å². The largest absolute Gasteiger partial charge is 0.356 e. The van der Waals surface area contributed by atoms with Crippen LogP contribution in [0.4, 0.5) is 0 Å². The molecule has 1 aromatic carbocycles. The highest BCUT2D eigenvalue weighted by molar-refractivity contribution is 5.78. The number of amides is 1. The minimum absolute atomic E-state index is 0.0841. The van der Waals surface area contributed by atoms with E-state index < -0.39 is 0 Å². The Morgan fingerprint density at radius 2 is 2.04 bits per heavy atom. The van der Waals surface area contributed by atoms with Crippen molar-refractivity contribution >= 4 is 16.8 Å². The molecule has 3 rings (SSSR count). The molecule has 27 heavy (non-hydrogen) atoms. The Kier molecular flexibility index (Phi) is 5.95. The van der Waals surface area contributed by atoms with Crippen molar-refractivity contribution in [1.82, 2.24) is 25.4 Å². The predicted molar refractivity (Wildman–Crippen MR) is 100 cm³/mol. The summed E-state index contributed by atoms with van der Waals surface area (Å²) in [5.74, 6) is 1.95. The first kappa shape index (κ1) is 18.8. The van der Waals surface area contributed by atoms with E-state index in [4.69, 9.17) is 4.52 Å². The van der Waals surface area contributed by atoms with Crippen LogP contribution in [0.1, 0.15) is 50.1 Å². The third-order valence-corrected chi connectivity index (χ3v) is 4.14. The van der Waals surface area contributed by atoms with Crippen LogP contribution in [0.3, 0.4) is 0 Å². The lowest BCUT2D eigenvalue weighted by molar-refractivity contribution is -0.121. The molecule has 0 bridgehead atoms. The lowest BCUT2D eigenvalue weighted by Crippen LogP contribution is -2.25. The Morgan fingerprint density at radius 3 is 2.81 bits per heavy atom. The van der Waals surface area contributed by atoms with Crippen LogP contribution >= 0.6 is 0 Å². The van der Waals surface area contributed by atoms with Gasteiger partial charge in [-0.05, 0) is 18.6 Å². The number of aromatic amines is 1. The molecule has 0 aliphatic carbocycles. The highest BCUT2D eigenvalue weighted by atomic mass is 16.5. The van der Waals surface area contributed by atoms with E-state index in [0.717, 1.165) is 6.42 Å². The first-order valence-electron chi connectivity index (χ1n) is 9.10. The fraction of sp³-hybridized carbons (Fsp3) is 0.421. The molecular formula is C19H23N5O3. The number of nitrogens with zero attached hydrogens (tertiary/aromatic N) is 3. The van der Waals surface area contributed by atoms with Crippen molar-refractivity contribution in [1.29, 1.82) is 0 Å². The van der Waals surface area contributed by atoms with E-state index in [-0.39, 0.29) is 23.8 Å². The molecule has 142 valence electrons. The van der Waals surface area contributed by atoms with Crippen molar-refractivity contribution in [2.75, 3.05) is 6.54 Å². The zero-order chi connectivity index (χ0) is 19.2. The average molecular weight is 369 g/mol. The molecule has 0 spiro atoms. The van der Waals surface area contributed by atoms with Crippen molar-refractivity contribution in [3.05, 3.63) is 52.2 Å². The van der Waals surface area contributed by atoms with Gasteiger partial charge in [-0.2, -0.15) is 4.98 Å². The second-order valence-electron chi connectivity index (χ2n) is 6.68. The number of H-pyrrole nitrogens is 1. The summed E-state index contributed by atoms with van der Waals surface area (Å²) < 4.78 is 5.17. The lowest BCUT2D eigenvalue weighted by Gasteiger charge is -2.05. The van der Waals surface area contributed by atoms with Crippen LogP contribution in [-0.2, 0) is 17.6 Å². The van der Waals surface area contributed by atoms with Gasteiger partial charge in [0.2, 0.25) is 11.8 Å². The molecule has 3 aromatic rings. The topological polar surface area (TPSA) is 114 Å². The molecule has 0 aliphatic heterocycles. The molecule has 0 saturated carbocycles. The molecule has 2 N–H and O–H groups in total. The van der Waals surface area contributed by atoms with Crippen molar-refractivity contribution in [2.24, 2.45) is 0 Å². The van der Waals surface area contributed by atoms with E-state index in [1.165, 1.54) is 0 Å². The molecule has 0 fully saturated rings. The summed E-state index contributed by atoms with van der Waals surface area (Å²) in [5, 5.41) is 7.32. The minimum Gasteiger partial charge on any atom is -0.356 e. The van der Waals surface area contributed by atoms with E-state index in [9.17, 15) is 9.59 Å². The zero-order valence-corrected chi connectivity index (χ0v) is 15.5. The number of rotatable bonds is 8. The Bertz CT molecular complexity index is 977. The van der Waals surface area contributed by atoms with E-state index in [1.807, 2.05) is 19.9 Å². The predicted octanol–water partition coefficient (Wildman–Crippen LogP) is 2.11.